The Kier molecular flexibility index (Phi) is 5.09. The zero-order chi connectivity index (χ0) is 18.8. The van der Waals surface area contributed by atoms with Gasteiger partial charge < -0.3 is 5.11 Å². The Morgan fingerprint density at radius 1 is 0.846 bits per heavy atom. The van der Waals surface area contributed by atoms with Gasteiger partial charge in [-0.25, -0.2) is 0 Å². The van der Waals surface area contributed by atoms with E-state index in [9.17, 15) is 24.3 Å². The first-order valence-corrected chi connectivity index (χ1v) is 8.88. The summed E-state index contributed by atoms with van der Waals surface area (Å²) in [4.78, 5) is 50.6. The fourth-order valence-electron chi connectivity index (χ4n) is 3.42. The highest BCUT2D eigenvalue weighted by Gasteiger charge is 2.19. The Morgan fingerprint density at radius 3 is 2.08 bits per heavy atom. The van der Waals surface area contributed by atoms with Gasteiger partial charge in [0.05, 0.1) is 16.5 Å². The number of benzene rings is 1. The summed E-state index contributed by atoms with van der Waals surface area (Å²) in [5, 5.41) is 9.82. The number of fused-ring (bicyclic) bond motifs is 1. The largest absolute Gasteiger partial charge is 0.388 e. The second-order valence-electron chi connectivity index (χ2n) is 6.61. The number of rotatable bonds is 6. The van der Waals surface area contributed by atoms with E-state index in [0.29, 0.717) is 6.42 Å². The van der Waals surface area contributed by atoms with E-state index >= 15 is 0 Å². The van der Waals surface area contributed by atoms with E-state index in [1.165, 1.54) is 12.1 Å². The highest BCUT2D eigenvalue weighted by molar-refractivity contribution is 5.82. The molecule has 5 heteroatoms. The predicted octanol–water partition coefficient (Wildman–Crippen LogP) is 1.88. The lowest BCUT2D eigenvalue weighted by molar-refractivity contribution is 0.162. The van der Waals surface area contributed by atoms with Crippen LogP contribution in [0.5, 0.6) is 0 Å². The molecule has 0 aromatic heterocycles. The SMILES string of the molecule is CCCCCCC(O)c1cc(=O)c2c(=O)c3ccccc3c(=O)c=2c1=O. The molecule has 1 atom stereocenters. The van der Waals surface area contributed by atoms with Crippen LogP contribution in [0.4, 0.5) is 0 Å². The molecule has 0 radical (unpaired) electrons. The third-order valence-corrected chi connectivity index (χ3v) is 4.83. The van der Waals surface area contributed by atoms with E-state index in [1.54, 1.807) is 12.1 Å². The van der Waals surface area contributed by atoms with Crippen molar-refractivity contribution in [3.63, 3.8) is 0 Å². The fraction of sp³-hybridized carbons (Fsp3) is 0.333. The summed E-state index contributed by atoms with van der Waals surface area (Å²) in [5.74, 6) is 0. The Hall–Kier alpha value is -2.66. The molecule has 1 aromatic carbocycles. The molecule has 3 rings (SSSR count). The summed E-state index contributed by atoms with van der Waals surface area (Å²) in [7, 11) is 0. The number of unbranched alkanes of at least 4 members (excludes halogenated alkanes) is 3. The zero-order valence-corrected chi connectivity index (χ0v) is 14.6. The predicted molar refractivity (Wildman–Crippen MR) is 100 cm³/mol. The minimum absolute atomic E-state index is 0.0919. The van der Waals surface area contributed by atoms with Crippen LogP contribution in [0.25, 0.3) is 10.8 Å². The third kappa shape index (κ3) is 2.99. The minimum atomic E-state index is -1.11. The Balaban J connectivity index is 2.26. The molecule has 0 amide bonds. The summed E-state index contributed by atoms with van der Waals surface area (Å²) in [6.45, 7) is 2.07. The molecule has 0 spiro atoms. The van der Waals surface area contributed by atoms with Gasteiger partial charge in [-0.1, -0.05) is 56.9 Å². The van der Waals surface area contributed by atoms with Gasteiger partial charge in [-0.15, -0.1) is 0 Å². The van der Waals surface area contributed by atoms with Gasteiger partial charge >= 0.3 is 0 Å². The van der Waals surface area contributed by atoms with Crippen molar-refractivity contribution in [2.75, 3.05) is 0 Å². The van der Waals surface area contributed by atoms with Gasteiger partial charge in [-0.2, -0.15) is 0 Å². The number of aliphatic hydroxyl groups is 1. The van der Waals surface area contributed by atoms with Crippen LogP contribution in [0.3, 0.4) is 0 Å². The molecule has 134 valence electrons. The zero-order valence-electron chi connectivity index (χ0n) is 14.6. The standard InChI is InChI=1S/C21H20O5/c1-2-3-4-5-10-15(22)14-11-16(23)17-18(21(14)26)20(25)13-9-7-6-8-12(13)19(17)24/h6-9,11,15,22H,2-5,10H2,1H3. The van der Waals surface area contributed by atoms with E-state index in [1.807, 2.05) is 0 Å². The van der Waals surface area contributed by atoms with Gasteiger partial charge in [-0.05, 0) is 12.5 Å². The summed E-state index contributed by atoms with van der Waals surface area (Å²) in [6, 6.07) is 7.16. The van der Waals surface area contributed by atoms with Crippen molar-refractivity contribution in [1.82, 2.24) is 0 Å². The molecule has 0 aliphatic heterocycles. The number of hydrogen-bond donors (Lipinski definition) is 1. The van der Waals surface area contributed by atoms with Gasteiger partial charge in [0, 0.05) is 16.3 Å². The lowest BCUT2D eigenvalue weighted by Crippen LogP contribution is -2.31. The number of hydrogen-bond acceptors (Lipinski definition) is 5. The lowest BCUT2D eigenvalue weighted by Gasteiger charge is -2.10. The fourth-order valence-corrected chi connectivity index (χ4v) is 3.42. The summed E-state index contributed by atoms with van der Waals surface area (Å²) in [5.41, 5.74) is -2.73. The molecule has 1 aromatic rings. The smallest absolute Gasteiger partial charge is 0.198 e. The first kappa shape index (κ1) is 18.1. The van der Waals surface area contributed by atoms with Gasteiger partial charge in [-0.3, -0.25) is 19.2 Å². The molecule has 26 heavy (non-hydrogen) atoms. The van der Waals surface area contributed by atoms with Crippen LogP contribution in [-0.2, 0) is 0 Å². The van der Waals surface area contributed by atoms with Crippen LogP contribution in [0.1, 0.15) is 50.7 Å². The molecular formula is C21H20O5. The molecule has 0 fully saturated rings. The van der Waals surface area contributed by atoms with E-state index < -0.39 is 33.0 Å². The van der Waals surface area contributed by atoms with E-state index in [-0.39, 0.29) is 21.6 Å². The topological polar surface area (TPSA) is 88.5 Å². The summed E-state index contributed by atoms with van der Waals surface area (Å²) in [6.07, 6.45) is 2.93. The van der Waals surface area contributed by atoms with E-state index in [0.717, 1.165) is 31.7 Å². The maximum atomic E-state index is 12.8. The second kappa shape index (κ2) is 7.30. The third-order valence-electron chi connectivity index (χ3n) is 4.83. The van der Waals surface area contributed by atoms with Crippen LogP contribution in [0, 0.1) is 10.4 Å². The molecule has 5 nitrogen and oxygen atoms in total. The lowest BCUT2D eigenvalue weighted by atomic mass is 9.97. The molecule has 0 bridgehead atoms. The molecular weight excluding hydrogens is 332 g/mol. The van der Waals surface area contributed by atoms with Crippen LogP contribution < -0.4 is 21.7 Å². The maximum absolute atomic E-state index is 12.8. The van der Waals surface area contributed by atoms with Crippen molar-refractivity contribution < 1.29 is 5.11 Å². The first-order valence-electron chi connectivity index (χ1n) is 8.88. The van der Waals surface area contributed by atoms with Crippen molar-refractivity contribution in [3.05, 3.63) is 87.2 Å². The van der Waals surface area contributed by atoms with Crippen LogP contribution in [0.15, 0.2) is 49.5 Å². The Labute approximate surface area is 148 Å². The molecule has 0 saturated carbocycles. The summed E-state index contributed by atoms with van der Waals surface area (Å²) < 4.78 is 0. The average molecular weight is 352 g/mol. The monoisotopic (exact) mass is 352 g/mol. The van der Waals surface area contributed by atoms with Gasteiger partial charge in [0.25, 0.3) is 0 Å². The normalized spacial score (nSPS) is 12.7. The van der Waals surface area contributed by atoms with Gasteiger partial charge in [0.15, 0.2) is 21.7 Å². The van der Waals surface area contributed by atoms with Crippen molar-refractivity contribution >= 4 is 10.8 Å². The van der Waals surface area contributed by atoms with Crippen LogP contribution in [0.2, 0.25) is 0 Å². The Morgan fingerprint density at radius 2 is 1.46 bits per heavy atom. The maximum Gasteiger partial charge on any atom is 0.198 e. The quantitative estimate of drug-likeness (QED) is 0.684. The molecule has 1 N–H and O–H groups in total. The van der Waals surface area contributed by atoms with Gasteiger partial charge in [0.2, 0.25) is 0 Å². The van der Waals surface area contributed by atoms with Crippen LogP contribution >= 0.6 is 0 Å². The van der Waals surface area contributed by atoms with Gasteiger partial charge in [0.1, 0.15) is 0 Å². The minimum Gasteiger partial charge on any atom is -0.388 e. The van der Waals surface area contributed by atoms with Crippen molar-refractivity contribution in [3.8, 4) is 0 Å². The molecule has 0 saturated heterocycles. The molecule has 1 unspecified atom stereocenters. The first-order chi connectivity index (χ1) is 12.5. The van der Waals surface area contributed by atoms with Crippen molar-refractivity contribution in [2.45, 2.75) is 45.1 Å². The molecule has 0 heterocycles. The van der Waals surface area contributed by atoms with E-state index in [4.69, 9.17) is 0 Å². The second-order valence-corrected chi connectivity index (χ2v) is 6.61. The molecule has 2 aliphatic rings. The van der Waals surface area contributed by atoms with Crippen molar-refractivity contribution in [1.29, 1.82) is 0 Å². The summed E-state index contributed by atoms with van der Waals surface area (Å²) >= 11 is 0. The molecule has 2 aliphatic carbocycles. The Bertz CT molecular complexity index is 1220. The van der Waals surface area contributed by atoms with Crippen molar-refractivity contribution in [2.24, 2.45) is 0 Å². The highest BCUT2D eigenvalue weighted by atomic mass is 16.3. The average Bonchev–Trinajstić information content (AvgIpc) is 2.64. The van der Waals surface area contributed by atoms with Crippen LogP contribution in [-0.4, -0.2) is 5.11 Å². The number of aliphatic hydroxyl groups excluding tert-OH is 1. The highest BCUT2D eigenvalue weighted by Crippen LogP contribution is 2.16. The van der Waals surface area contributed by atoms with E-state index in [2.05, 4.69) is 6.92 Å².